The number of nitrogens with zero attached hydrogens (tertiary/aromatic N) is 3. The number of piperidine rings is 1. The van der Waals surface area contributed by atoms with E-state index in [1.165, 1.54) is 44.9 Å². The molecule has 2 heterocycles. The van der Waals surface area contributed by atoms with Crippen molar-refractivity contribution in [1.82, 2.24) is 15.3 Å². The van der Waals surface area contributed by atoms with Gasteiger partial charge in [0, 0.05) is 24.7 Å². The Bertz CT molecular complexity index is 576. The molecule has 7 heteroatoms. The van der Waals surface area contributed by atoms with Crippen LogP contribution in [0.3, 0.4) is 0 Å². The Morgan fingerprint density at radius 2 is 1.96 bits per heavy atom. The number of hydrogen-bond donors (Lipinski definition) is 2. The molecule has 1 saturated heterocycles. The van der Waals surface area contributed by atoms with E-state index in [0.717, 1.165) is 12.4 Å². The maximum absolute atomic E-state index is 5.42. The molecule has 1 aromatic heterocycles. The fraction of sp³-hybridized carbons (Fsp3) is 0.706. The SMILES string of the molecule is COc1cc(N2CCCCC2C)nc(NC(=S)NC2CCCC2)n1. The molecule has 1 aromatic rings. The van der Waals surface area contributed by atoms with Gasteiger partial charge in [-0.25, -0.2) is 0 Å². The molecule has 1 aliphatic heterocycles. The average Bonchev–Trinajstić information content (AvgIpc) is 3.07. The summed E-state index contributed by atoms with van der Waals surface area (Å²) in [4.78, 5) is 11.4. The summed E-state index contributed by atoms with van der Waals surface area (Å²) in [7, 11) is 1.63. The Morgan fingerprint density at radius 1 is 1.21 bits per heavy atom. The Labute approximate surface area is 149 Å². The summed E-state index contributed by atoms with van der Waals surface area (Å²) in [5.41, 5.74) is 0. The van der Waals surface area contributed by atoms with E-state index in [1.807, 2.05) is 6.07 Å². The molecule has 1 aliphatic carbocycles. The van der Waals surface area contributed by atoms with Gasteiger partial charge in [0.05, 0.1) is 7.11 Å². The first-order chi connectivity index (χ1) is 11.7. The number of ether oxygens (including phenoxy) is 1. The number of methoxy groups -OCH3 is 1. The van der Waals surface area contributed by atoms with Crippen molar-refractivity contribution in [2.24, 2.45) is 0 Å². The predicted octanol–water partition coefficient (Wildman–Crippen LogP) is 3.09. The van der Waals surface area contributed by atoms with E-state index in [4.69, 9.17) is 17.0 Å². The van der Waals surface area contributed by atoms with Gasteiger partial charge in [0.25, 0.3) is 0 Å². The van der Waals surface area contributed by atoms with E-state index in [1.54, 1.807) is 7.11 Å². The number of anilines is 2. The molecule has 0 bridgehead atoms. The fourth-order valence-electron chi connectivity index (χ4n) is 3.55. The predicted molar refractivity (Wildman–Crippen MR) is 101 cm³/mol. The minimum Gasteiger partial charge on any atom is -0.481 e. The molecule has 2 fully saturated rings. The van der Waals surface area contributed by atoms with Crippen LogP contribution in [0.2, 0.25) is 0 Å². The summed E-state index contributed by atoms with van der Waals surface area (Å²) in [5.74, 6) is 1.96. The van der Waals surface area contributed by atoms with Crippen LogP contribution in [0.1, 0.15) is 51.9 Å². The highest BCUT2D eigenvalue weighted by atomic mass is 32.1. The summed E-state index contributed by atoms with van der Waals surface area (Å²) in [6.07, 6.45) is 8.56. The molecule has 1 atom stereocenters. The lowest BCUT2D eigenvalue weighted by atomic mass is 10.0. The molecule has 3 rings (SSSR count). The monoisotopic (exact) mass is 349 g/mol. The van der Waals surface area contributed by atoms with E-state index >= 15 is 0 Å². The Balaban J connectivity index is 1.72. The molecule has 2 aliphatic rings. The van der Waals surface area contributed by atoms with Gasteiger partial charge in [0.2, 0.25) is 11.8 Å². The summed E-state index contributed by atoms with van der Waals surface area (Å²) in [6.45, 7) is 3.26. The quantitative estimate of drug-likeness (QED) is 0.810. The van der Waals surface area contributed by atoms with Crippen LogP contribution in [0.4, 0.5) is 11.8 Å². The van der Waals surface area contributed by atoms with Crippen LogP contribution in [0.5, 0.6) is 5.88 Å². The maximum Gasteiger partial charge on any atom is 0.234 e. The lowest BCUT2D eigenvalue weighted by Crippen LogP contribution is -2.39. The van der Waals surface area contributed by atoms with E-state index in [-0.39, 0.29) is 0 Å². The van der Waals surface area contributed by atoms with Crippen molar-refractivity contribution in [3.8, 4) is 5.88 Å². The molecule has 2 N–H and O–H groups in total. The van der Waals surface area contributed by atoms with Crippen LogP contribution in [0, 0.1) is 0 Å². The standard InChI is InChI=1S/C17H27N5OS/c1-12-7-5-6-10-22(12)14-11-15(23-2)20-16(19-14)21-17(24)18-13-8-3-4-9-13/h11-13H,3-10H2,1-2H3,(H2,18,19,20,21,24). The van der Waals surface area contributed by atoms with Gasteiger partial charge < -0.3 is 20.3 Å². The van der Waals surface area contributed by atoms with Crippen LogP contribution >= 0.6 is 12.2 Å². The topological polar surface area (TPSA) is 62.3 Å². The first-order valence-electron chi connectivity index (χ1n) is 8.93. The van der Waals surface area contributed by atoms with Crippen molar-refractivity contribution < 1.29 is 4.74 Å². The van der Waals surface area contributed by atoms with Gasteiger partial charge in [0.15, 0.2) is 5.11 Å². The third-order valence-electron chi connectivity index (χ3n) is 4.91. The molecule has 1 saturated carbocycles. The van der Waals surface area contributed by atoms with Crippen molar-refractivity contribution in [2.45, 2.75) is 64.0 Å². The second-order valence-electron chi connectivity index (χ2n) is 6.71. The van der Waals surface area contributed by atoms with E-state index in [9.17, 15) is 0 Å². The number of aromatic nitrogens is 2. The Kier molecular flexibility index (Phi) is 5.71. The third-order valence-corrected chi connectivity index (χ3v) is 5.13. The number of thiocarbonyl (C=S) groups is 1. The molecule has 0 amide bonds. The molecule has 24 heavy (non-hydrogen) atoms. The number of rotatable bonds is 4. The Morgan fingerprint density at radius 3 is 2.67 bits per heavy atom. The molecule has 132 valence electrons. The van der Waals surface area contributed by atoms with Gasteiger partial charge in [-0.15, -0.1) is 0 Å². The highest BCUT2D eigenvalue weighted by Crippen LogP contribution is 2.26. The van der Waals surface area contributed by atoms with Crippen molar-refractivity contribution in [3.63, 3.8) is 0 Å². The van der Waals surface area contributed by atoms with E-state index < -0.39 is 0 Å². The molecular weight excluding hydrogens is 322 g/mol. The normalized spacial score (nSPS) is 21.6. The van der Waals surface area contributed by atoms with Gasteiger partial charge in [-0.2, -0.15) is 9.97 Å². The lowest BCUT2D eigenvalue weighted by molar-refractivity contribution is 0.396. The van der Waals surface area contributed by atoms with Crippen molar-refractivity contribution in [3.05, 3.63) is 6.07 Å². The molecule has 0 radical (unpaired) electrons. The first-order valence-corrected chi connectivity index (χ1v) is 9.34. The number of nitrogens with one attached hydrogen (secondary N) is 2. The second kappa shape index (κ2) is 7.96. The van der Waals surface area contributed by atoms with Gasteiger partial charge in [0.1, 0.15) is 5.82 Å². The number of hydrogen-bond acceptors (Lipinski definition) is 5. The molecule has 0 aromatic carbocycles. The van der Waals surface area contributed by atoms with Crippen LogP contribution in [-0.2, 0) is 0 Å². The van der Waals surface area contributed by atoms with Crippen LogP contribution < -0.4 is 20.3 Å². The minimum absolute atomic E-state index is 0.470. The fourth-order valence-corrected chi connectivity index (χ4v) is 3.81. The van der Waals surface area contributed by atoms with E-state index in [2.05, 4.69) is 32.4 Å². The zero-order valence-corrected chi connectivity index (χ0v) is 15.4. The highest BCUT2D eigenvalue weighted by molar-refractivity contribution is 7.80. The van der Waals surface area contributed by atoms with Gasteiger partial charge in [-0.05, 0) is 51.2 Å². The largest absolute Gasteiger partial charge is 0.481 e. The van der Waals surface area contributed by atoms with Crippen LogP contribution in [-0.4, -0.2) is 40.8 Å². The second-order valence-corrected chi connectivity index (χ2v) is 7.12. The molecule has 1 unspecified atom stereocenters. The summed E-state index contributed by atoms with van der Waals surface area (Å²) in [6, 6.07) is 2.85. The average molecular weight is 350 g/mol. The van der Waals surface area contributed by atoms with Gasteiger partial charge in [-0.3, -0.25) is 0 Å². The highest BCUT2D eigenvalue weighted by Gasteiger charge is 2.22. The van der Waals surface area contributed by atoms with E-state index in [0.29, 0.717) is 29.0 Å². The smallest absolute Gasteiger partial charge is 0.234 e. The van der Waals surface area contributed by atoms with Crippen molar-refractivity contribution >= 4 is 29.1 Å². The minimum atomic E-state index is 0.470. The molecular formula is C17H27N5OS. The van der Waals surface area contributed by atoms with Crippen LogP contribution in [0.15, 0.2) is 6.07 Å². The lowest BCUT2D eigenvalue weighted by Gasteiger charge is -2.34. The van der Waals surface area contributed by atoms with Crippen LogP contribution in [0.25, 0.3) is 0 Å². The summed E-state index contributed by atoms with van der Waals surface area (Å²) >= 11 is 5.42. The van der Waals surface area contributed by atoms with Gasteiger partial charge in [-0.1, -0.05) is 12.8 Å². The van der Waals surface area contributed by atoms with Gasteiger partial charge >= 0.3 is 0 Å². The maximum atomic E-state index is 5.42. The van der Waals surface area contributed by atoms with Crippen molar-refractivity contribution in [1.29, 1.82) is 0 Å². The first kappa shape index (κ1) is 17.2. The van der Waals surface area contributed by atoms with Crippen molar-refractivity contribution in [2.75, 3.05) is 23.9 Å². The zero-order valence-electron chi connectivity index (χ0n) is 14.5. The molecule has 6 nitrogen and oxygen atoms in total. The summed E-state index contributed by atoms with van der Waals surface area (Å²) in [5, 5.41) is 7.08. The summed E-state index contributed by atoms with van der Waals surface area (Å²) < 4.78 is 5.36. The zero-order chi connectivity index (χ0) is 16.9. The third kappa shape index (κ3) is 4.26. The molecule has 0 spiro atoms. The Hall–Kier alpha value is -1.63.